The fourth-order valence-corrected chi connectivity index (χ4v) is 3.42. The van der Waals surface area contributed by atoms with Crippen molar-refractivity contribution < 1.29 is 9.53 Å². The molecule has 1 heterocycles. The maximum Gasteiger partial charge on any atom is 0.253 e. The van der Waals surface area contributed by atoms with E-state index in [9.17, 15) is 4.79 Å². The van der Waals surface area contributed by atoms with Crippen LogP contribution in [-0.4, -0.2) is 45.7 Å². The van der Waals surface area contributed by atoms with Gasteiger partial charge in [0.25, 0.3) is 5.91 Å². The molecule has 0 saturated carbocycles. The summed E-state index contributed by atoms with van der Waals surface area (Å²) in [5.41, 5.74) is 9.24. The summed E-state index contributed by atoms with van der Waals surface area (Å²) in [7, 11) is 1.70. The first-order valence-electron chi connectivity index (χ1n) is 9.44. The van der Waals surface area contributed by atoms with E-state index in [1.165, 1.54) is 0 Å². The van der Waals surface area contributed by atoms with E-state index < -0.39 is 0 Å². The van der Waals surface area contributed by atoms with Gasteiger partial charge in [0.05, 0.1) is 18.4 Å². The highest BCUT2D eigenvalue weighted by atomic mass is 16.5. The van der Waals surface area contributed by atoms with Crippen molar-refractivity contribution in [2.45, 2.75) is 13.3 Å². The van der Waals surface area contributed by atoms with Crippen LogP contribution in [0.3, 0.4) is 0 Å². The van der Waals surface area contributed by atoms with Gasteiger partial charge in [-0.3, -0.25) is 4.79 Å². The van der Waals surface area contributed by atoms with Gasteiger partial charge in [-0.1, -0.05) is 19.1 Å². The van der Waals surface area contributed by atoms with Gasteiger partial charge in [0.2, 0.25) is 0 Å². The second kappa shape index (κ2) is 8.66. The first kappa shape index (κ1) is 18.9. The molecule has 1 fully saturated rings. The molecule has 0 aliphatic carbocycles. The third-order valence-electron chi connectivity index (χ3n) is 4.85. The quantitative estimate of drug-likeness (QED) is 0.767. The average Bonchev–Trinajstić information content (AvgIpc) is 2.72. The summed E-state index contributed by atoms with van der Waals surface area (Å²) in [5, 5.41) is 2.96. The summed E-state index contributed by atoms with van der Waals surface area (Å²) in [6, 6.07) is 13.7. The second-order valence-electron chi connectivity index (χ2n) is 6.68. The van der Waals surface area contributed by atoms with Gasteiger partial charge in [0.1, 0.15) is 5.75 Å². The van der Waals surface area contributed by atoms with Crippen molar-refractivity contribution in [2.24, 2.45) is 0 Å². The van der Waals surface area contributed by atoms with Gasteiger partial charge in [-0.05, 0) is 36.8 Å². The number of hydrogen-bond donors (Lipinski definition) is 2. The van der Waals surface area contributed by atoms with E-state index in [2.05, 4.69) is 21.2 Å². The molecule has 2 aromatic rings. The van der Waals surface area contributed by atoms with Gasteiger partial charge in [-0.25, -0.2) is 0 Å². The second-order valence-corrected chi connectivity index (χ2v) is 6.68. The van der Waals surface area contributed by atoms with E-state index in [1.807, 2.05) is 37.3 Å². The Kier molecular flexibility index (Phi) is 6.06. The molecule has 0 radical (unpaired) electrons. The molecule has 6 heteroatoms. The zero-order valence-electron chi connectivity index (χ0n) is 16.1. The highest BCUT2D eigenvalue weighted by Crippen LogP contribution is 2.30. The van der Waals surface area contributed by atoms with Crippen molar-refractivity contribution >= 4 is 23.0 Å². The Morgan fingerprint density at radius 1 is 1.07 bits per heavy atom. The molecular formula is C21H28N4O2. The normalized spacial score (nSPS) is 14.1. The first-order chi connectivity index (χ1) is 13.1. The number of nitrogens with two attached hydrogens (primary N) is 1. The maximum atomic E-state index is 12.6. The lowest BCUT2D eigenvalue weighted by Gasteiger charge is -2.38. The number of carbonyl (C=O) groups is 1. The Morgan fingerprint density at radius 2 is 1.74 bits per heavy atom. The molecule has 1 amide bonds. The number of nitrogen functional groups attached to an aromatic ring is 1. The van der Waals surface area contributed by atoms with Crippen molar-refractivity contribution in [3.8, 4) is 5.75 Å². The summed E-state index contributed by atoms with van der Waals surface area (Å²) in [6.07, 6.45) is 0.904. The van der Waals surface area contributed by atoms with Crippen LogP contribution in [0.5, 0.6) is 5.75 Å². The van der Waals surface area contributed by atoms with Crippen LogP contribution in [0.4, 0.5) is 17.1 Å². The highest BCUT2D eigenvalue weighted by molar-refractivity contribution is 6.00. The molecule has 0 bridgehead atoms. The Labute approximate surface area is 160 Å². The number of nitrogens with one attached hydrogen (secondary N) is 1. The molecule has 1 saturated heterocycles. The monoisotopic (exact) mass is 368 g/mol. The number of ether oxygens (including phenoxy) is 1. The van der Waals surface area contributed by atoms with E-state index in [-0.39, 0.29) is 5.91 Å². The first-order valence-corrected chi connectivity index (χ1v) is 9.44. The number of methoxy groups -OCH3 is 1. The van der Waals surface area contributed by atoms with Crippen LogP contribution in [-0.2, 0) is 0 Å². The van der Waals surface area contributed by atoms with Crippen molar-refractivity contribution in [3.05, 3.63) is 48.0 Å². The molecule has 27 heavy (non-hydrogen) atoms. The number of piperazine rings is 1. The van der Waals surface area contributed by atoms with Gasteiger partial charge >= 0.3 is 0 Å². The fourth-order valence-electron chi connectivity index (χ4n) is 3.42. The molecule has 0 unspecified atom stereocenters. The number of para-hydroxylation sites is 2. The molecule has 1 aliphatic rings. The lowest BCUT2D eigenvalue weighted by molar-refractivity contribution is 0.0954. The Morgan fingerprint density at radius 3 is 2.41 bits per heavy atom. The molecule has 0 aromatic heterocycles. The molecule has 1 aliphatic heterocycles. The molecule has 3 rings (SSSR count). The Bertz CT molecular complexity index is 786. The minimum atomic E-state index is -0.0636. The van der Waals surface area contributed by atoms with Crippen LogP contribution in [0.15, 0.2) is 42.5 Å². The number of amides is 1. The third-order valence-corrected chi connectivity index (χ3v) is 4.85. The van der Waals surface area contributed by atoms with Crippen LogP contribution < -0.4 is 25.6 Å². The molecule has 2 aromatic carbocycles. The summed E-state index contributed by atoms with van der Waals surface area (Å²) in [6.45, 7) is 6.08. The lowest BCUT2D eigenvalue weighted by Crippen LogP contribution is -2.47. The SMILES string of the molecule is CCCNC(=O)c1cc(N)ccc1N1CCN(c2ccccc2OC)CC1. The van der Waals surface area contributed by atoms with Crippen LogP contribution in [0.2, 0.25) is 0 Å². The molecular weight excluding hydrogens is 340 g/mol. The highest BCUT2D eigenvalue weighted by Gasteiger charge is 2.23. The van der Waals surface area contributed by atoms with E-state index >= 15 is 0 Å². The summed E-state index contributed by atoms with van der Waals surface area (Å²) in [5.74, 6) is 0.823. The van der Waals surface area contributed by atoms with Crippen LogP contribution >= 0.6 is 0 Å². The van der Waals surface area contributed by atoms with Crippen molar-refractivity contribution in [2.75, 3.05) is 55.4 Å². The largest absolute Gasteiger partial charge is 0.495 e. The third kappa shape index (κ3) is 4.27. The van der Waals surface area contributed by atoms with Gasteiger partial charge in [-0.2, -0.15) is 0 Å². The zero-order valence-corrected chi connectivity index (χ0v) is 16.1. The summed E-state index contributed by atoms with van der Waals surface area (Å²) < 4.78 is 5.49. The minimum Gasteiger partial charge on any atom is -0.495 e. The minimum absolute atomic E-state index is 0.0636. The van der Waals surface area contributed by atoms with Crippen molar-refractivity contribution in [1.29, 1.82) is 0 Å². The standard InChI is InChI=1S/C21H28N4O2/c1-3-10-23-21(26)17-15-16(22)8-9-18(17)24-11-13-25(14-12-24)19-6-4-5-7-20(19)27-2/h4-9,15H,3,10-14,22H2,1-2H3,(H,23,26). The molecule has 6 nitrogen and oxygen atoms in total. The molecule has 0 atom stereocenters. The Balaban J connectivity index is 1.75. The van der Waals surface area contributed by atoms with Gasteiger partial charge in [-0.15, -0.1) is 0 Å². The number of benzene rings is 2. The van der Waals surface area contributed by atoms with E-state index in [0.717, 1.165) is 49.7 Å². The topological polar surface area (TPSA) is 70.8 Å². The Hall–Kier alpha value is -2.89. The molecule has 0 spiro atoms. The smallest absolute Gasteiger partial charge is 0.253 e. The predicted octanol–water partition coefficient (Wildman–Crippen LogP) is 2.74. The van der Waals surface area contributed by atoms with E-state index in [1.54, 1.807) is 13.2 Å². The van der Waals surface area contributed by atoms with Crippen molar-refractivity contribution in [3.63, 3.8) is 0 Å². The predicted molar refractivity (Wildman–Crippen MR) is 111 cm³/mol. The molecule has 3 N–H and O–H groups in total. The van der Waals surface area contributed by atoms with E-state index in [4.69, 9.17) is 10.5 Å². The van der Waals surface area contributed by atoms with Crippen LogP contribution in [0.1, 0.15) is 23.7 Å². The number of nitrogens with zero attached hydrogens (tertiary/aromatic N) is 2. The zero-order chi connectivity index (χ0) is 19.2. The van der Waals surface area contributed by atoms with Crippen LogP contribution in [0, 0.1) is 0 Å². The maximum absolute atomic E-state index is 12.6. The number of rotatable bonds is 6. The van der Waals surface area contributed by atoms with Crippen molar-refractivity contribution in [1.82, 2.24) is 5.32 Å². The number of carbonyl (C=O) groups excluding carboxylic acids is 1. The number of anilines is 3. The van der Waals surface area contributed by atoms with Crippen LogP contribution in [0.25, 0.3) is 0 Å². The van der Waals surface area contributed by atoms with Gasteiger partial charge < -0.3 is 25.6 Å². The fraction of sp³-hybridized carbons (Fsp3) is 0.381. The summed E-state index contributed by atoms with van der Waals surface area (Å²) >= 11 is 0. The number of hydrogen-bond acceptors (Lipinski definition) is 5. The average molecular weight is 368 g/mol. The summed E-state index contributed by atoms with van der Waals surface area (Å²) in [4.78, 5) is 17.1. The van der Waals surface area contributed by atoms with Gasteiger partial charge in [0, 0.05) is 44.1 Å². The molecule has 144 valence electrons. The van der Waals surface area contributed by atoms with Gasteiger partial charge in [0.15, 0.2) is 0 Å². The van der Waals surface area contributed by atoms with E-state index in [0.29, 0.717) is 17.8 Å². The lowest BCUT2D eigenvalue weighted by atomic mass is 10.1.